The van der Waals surface area contributed by atoms with Crippen molar-refractivity contribution >= 4 is 17.5 Å². The number of aliphatic hydroxyl groups excluding tert-OH is 1. The normalized spacial score (nSPS) is 16.0. The van der Waals surface area contributed by atoms with Gasteiger partial charge < -0.3 is 25.0 Å². The average Bonchev–Trinajstić information content (AvgIpc) is 3.12. The molecule has 1 aromatic heterocycles. The quantitative estimate of drug-likeness (QED) is 0.386. The monoisotopic (exact) mass is 423 g/mol. The van der Waals surface area contributed by atoms with E-state index in [2.05, 4.69) is 4.98 Å². The van der Waals surface area contributed by atoms with Crippen molar-refractivity contribution in [3.63, 3.8) is 0 Å². The van der Waals surface area contributed by atoms with Gasteiger partial charge in [0.25, 0.3) is 0 Å². The van der Waals surface area contributed by atoms with Crippen LogP contribution in [0.25, 0.3) is 0 Å². The first-order chi connectivity index (χ1) is 14.2. The number of nitrogen functional groups attached to an aromatic ring is 1. The van der Waals surface area contributed by atoms with Gasteiger partial charge in [-0.05, 0) is 30.5 Å². The summed E-state index contributed by atoms with van der Waals surface area (Å²) in [6.45, 7) is 1.24. The lowest BCUT2D eigenvalue weighted by Gasteiger charge is -2.35. The number of nitrogens with two attached hydrogens (primary N) is 1. The number of benzene rings is 1. The molecule has 162 valence electrons. The third kappa shape index (κ3) is 4.87. The van der Waals surface area contributed by atoms with E-state index in [-0.39, 0.29) is 23.5 Å². The van der Waals surface area contributed by atoms with Crippen LogP contribution in [0.3, 0.4) is 0 Å². The Morgan fingerprint density at radius 2 is 2.07 bits per heavy atom. The summed E-state index contributed by atoms with van der Waals surface area (Å²) >= 11 is 0. The lowest BCUT2D eigenvalue weighted by atomic mass is 9.93. The zero-order valence-corrected chi connectivity index (χ0v) is 16.5. The topological polar surface area (TPSA) is 100 Å². The van der Waals surface area contributed by atoms with E-state index in [1.807, 2.05) is 4.90 Å². The van der Waals surface area contributed by atoms with Crippen LogP contribution < -0.4 is 10.6 Å². The Bertz CT molecular complexity index is 931. The summed E-state index contributed by atoms with van der Waals surface area (Å²) < 4.78 is 46.3. The molecule has 1 fully saturated rings. The van der Waals surface area contributed by atoms with Gasteiger partial charge in [0, 0.05) is 43.2 Å². The van der Waals surface area contributed by atoms with Crippen LogP contribution in [0.5, 0.6) is 0 Å². The number of allylic oxidation sites excluding steroid dienone is 1. The zero-order chi connectivity index (χ0) is 21.9. The van der Waals surface area contributed by atoms with Gasteiger partial charge in [0.1, 0.15) is 5.76 Å². The minimum Gasteiger partial charge on any atom is -0.512 e. The number of nitrogens with zero attached hydrogens (tertiary/aromatic N) is 3. The van der Waals surface area contributed by atoms with Gasteiger partial charge >= 0.3 is 6.18 Å². The van der Waals surface area contributed by atoms with E-state index in [0.29, 0.717) is 43.7 Å². The lowest BCUT2D eigenvalue weighted by molar-refractivity contribution is -0.137. The number of piperidine rings is 1. The van der Waals surface area contributed by atoms with Crippen molar-refractivity contribution in [2.24, 2.45) is 5.92 Å². The molecule has 0 atom stereocenters. The molecule has 0 unspecified atom stereocenters. The zero-order valence-electron chi connectivity index (χ0n) is 16.5. The Balaban J connectivity index is 1.84. The number of imidazole rings is 1. The third-order valence-corrected chi connectivity index (χ3v) is 5.25. The van der Waals surface area contributed by atoms with Crippen LogP contribution in [-0.4, -0.2) is 40.8 Å². The maximum Gasteiger partial charge on any atom is 0.416 e. The molecule has 3 rings (SSSR count). The van der Waals surface area contributed by atoms with Crippen molar-refractivity contribution < 1.29 is 23.0 Å². The Morgan fingerprint density at radius 3 is 2.63 bits per heavy atom. The number of methoxy groups -OCH3 is 1. The van der Waals surface area contributed by atoms with E-state index in [0.717, 1.165) is 6.07 Å². The molecule has 0 saturated carbocycles. The van der Waals surface area contributed by atoms with Crippen LogP contribution in [0.4, 0.5) is 24.8 Å². The highest BCUT2D eigenvalue weighted by Crippen LogP contribution is 2.36. The molecule has 10 heteroatoms. The first-order valence-electron chi connectivity index (χ1n) is 9.43. The summed E-state index contributed by atoms with van der Waals surface area (Å²) in [5.74, 6) is 0.0236. The van der Waals surface area contributed by atoms with Gasteiger partial charge in [0.15, 0.2) is 5.95 Å². The molecule has 0 amide bonds. The predicted molar refractivity (Wildman–Crippen MR) is 108 cm³/mol. The van der Waals surface area contributed by atoms with Crippen LogP contribution in [0.15, 0.2) is 42.4 Å². The van der Waals surface area contributed by atoms with Gasteiger partial charge in [0.2, 0.25) is 5.90 Å². The summed E-state index contributed by atoms with van der Waals surface area (Å²) in [5, 5.41) is 17.7. The molecule has 0 bridgehead atoms. The molecule has 30 heavy (non-hydrogen) atoms. The smallest absolute Gasteiger partial charge is 0.416 e. The third-order valence-electron chi connectivity index (χ3n) is 5.25. The summed E-state index contributed by atoms with van der Waals surface area (Å²) in [6.07, 6.45) is 1.12. The second kappa shape index (κ2) is 8.68. The molecule has 1 aromatic carbocycles. The number of alkyl halides is 3. The minimum atomic E-state index is -4.44. The molecule has 4 N–H and O–H groups in total. The van der Waals surface area contributed by atoms with Crippen LogP contribution in [0.2, 0.25) is 0 Å². The number of aliphatic hydroxyl groups is 1. The van der Waals surface area contributed by atoms with Crippen LogP contribution in [0, 0.1) is 11.3 Å². The fourth-order valence-corrected chi connectivity index (χ4v) is 3.55. The van der Waals surface area contributed by atoms with E-state index >= 15 is 0 Å². The maximum absolute atomic E-state index is 13.3. The number of aromatic nitrogens is 2. The standard InChI is InChI=1S/C20H24F3N5O2/c1-30-18(24)11-17(29)13-4-7-27(8-5-13)16-10-15(20(21,22)23)3-2-14(16)12-28-9-6-26-19(28)25/h2-3,6,9-11,13,24,29H,4-5,7-8,12H2,1H3,(H2,25,26)/b17-11-,24-18?. The fourth-order valence-electron chi connectivity index (χ4n) is 3.55. The second-order valence-electron chi connectivity index (χ2n) is 7.15. The van der Waals surface area contributed by atoms with E-state index < -0.39 is 11.7 Å². The average molecular weight is 423 g/mol. The summed E-state index contributed by atoms with van der Waals surface area (Å²) in [5.41, 5.74) is 6.30. The highest BCUT2D eigenvalue weighted by Gasteiger charge is 2.32. The predicted octanol–water partition coefficient (Wildman–Crippen LogP) is 3.81. The van der Waals surface area contributed by atoms with Gasteiger partial charge in [-0.1, -0.05) is 6.07 Å². The molecule has 0 aliphatic carbocycles. The summed E-state index contributed by atoms with van der Waals surface area (Å²) in [7, 11) is 1.34. The Kier molecular flexibility index (Phi) is 6.23. The lowest BCUT2D eigenvalue weighted by Crippen LogP contribution is -2.35. The van der Waals surface area contributed by atoms with E-state index in [9.17, 15) is 18.3 Å². The van der Waals surface area contributed by atoms with Gasteiger partial charge in [-0.3, -0.25) is 5.41 Å². The van der Waals surface area contributed by atoms with Crippen LogP contribution in [0.1, 0.15) is 24.0 Å². The number of rotatable bonds is 5. The van der Waals surface area contributed by atoms with Crippen LogP contribution in [-0.2, 0) is 17.5 Å². The van der Waals surface area contributed by atoms with Crippen molar-refractivity contribution in [1.82, 2.24) is 9.55 Å². The molecule has 1 aliphatic rings. The molecule has 7 nitrogen and oxygen atoms in total. The van der Waals surface area contributed by atoms with E-state index in [1.165, 1.54) is 31.5 Å². The number of hydrogen-bond acceptors (Lipinski definition) is 6. The first-order valence-corrected chi connectivity index (χ1v) is 9.43. The largest absolute Gasteiger partial charge is 0.512 e. The van der Waals surface area contributed by atoms with E-state index in [1.54, 1.807) is 10.8 Å². The Labute approximate surface area is 172 Å². The molecule has 0 spiro atoms. The Morgan fingerprint density at radius 1 is 1.37 bits per heavy atom. The van der Waals surface area contributed by atoms with Crippen molar-refractivity contribution in [3.8, 4) is 0 Å². The highest BCUT2D eigenvalue weighted by atomic mass is 19.4. The van der Waals surface area contributed by atoms with Crippen molar-refractivity contribution in [3.05, 3.63) is 53.6 Å². The number of anilines is 2. The fraction of sp³-hybridized carbons (Fsp3) is 0.400. The number of halogens is 3. The van der Waals surface area contributed by atoms with Crippen molar-refractivity contribution in [2.75, 3.05) is 30.8 Å². The van der Waals surface area contributed by atoms with Crippen molar-refractivity contribution in [1.29, 1.82) is 5.41 Å². The molecular formula is C20H24F3N5O2. The summed E-state index contributed by atoms with van der Waals surface area (Å²) in [4.78, 5) is 5.85. The number of hydrogen-bond donors (Lipinski definition) is 3. The van der Waals surface area contributed by atoms with Gasteiger partial charge in [-0.25, -0.2) is 4.98 Å². The minimum absolute atomic E-state index is 0.0527. The first kappa shape index (κ1) is 21.5. The molecule has 1 saturated heterocycles. The van der Waals surface area contributed by atoms with E-state index in [4.69, 9.17) is 15.9 Å². The SMILES string of the molecule is COC(=N)/C=C(\O)C1CCN(c2cc(C(F)(F)F)ccc2Cn2ccnc2N)CC1. The molecule has 2 aromatic rings. The van der Waals surface area contributed by atoms with Crippen molar-refractivity contribution in [2.45, 2.75) is 25.6 Å². The molecule has 2 heterocycles. The Hall–Kier alpha value is -3.17. The van der Waals surface area contributed by atoms with Gasteiger partial charge in [-0.15, -0.1) is 0 Å². The molecule has 1 aliphatic heterocycles. The van der Waals surface area contributed by atoms with Gasteiger partial charge in [-0.2, -0.15) is 13.2 Å². The number of nitrogens with one attached hydrogen (secondary N) is 1. The molecule has 0 radical (unpaired) electrons. The van der Waals surface area contributed by atoms with Gasteiger partial charge in [0.05, 0.1) is 19.2 Å². The second-order valence-corrected chi connectivity index (χ2v) is 7.15. The molecular weight excluding hydrogens is 399 g/mol. The highest BCUT2D eigenvalue weighted by molar-refractivity contribution is 5.85. The summed E-state index contributed by atoms with van der Waals surface area (Å²) in [6, 6.07) is 3.71. The number of ether oxygens (including phenoxy) is 1. The maximum atomic E-state index is 13.3. The van der Waals surface area contributed by atoms with Crippen LogP contribution >= 0.6 is 0 Å².